The fraction of sp³-hybridized carbons (Fsp3) is 0.143. The SMILES string of the molecule is CCOC(=O)c1cnc(SC)nc1Nc1ccccc1NC(=O)Nc1ccccc1. The second kappa shape index (κ2) is 10.3. The molecule has 9 heteroatoms. The number of thioether (sulfide) groups is 1. The van der Waals surface area contributed by atoms with Crippen LogP contribution in [0.15, 0.2) is 66.0 Å². The number of anilines is 4. The van der Waals surface area contributed by atoms with Gasteiger partial charge in [0, 0.05) is 11.9 Å². The molecule has 8 nitrogen and oxygen atoms in total. The molecule has 0 aliphatic carbocycles. The van der Waals surface area contributed by atoms with Crippen LogP contribution in [0.2, 0.25) is 0 Å². The van der Waals surface area contributed by atoms with Crippen LogP contribution in [0.3, 0.4) is 0 Å². The first kappa shape index (κ1) is 21.1. The van der Waals surface area contributed by atoms with Crippen molar-refractivity contribution < 1.29 is 14.3 Å². The molecular formula is C21H21N5O3S. The van der Waals surface area contributed by atoms with Crippen LogP contribution in [0, 0.1) is 0 Å². The minimum absolute atomic E-state index is 0.207. The van der Waals surface area contributed by atoms with Gasteiger partial charge in [-0.15, -0.1) is 0 Å². The highest BCUT2D eigenvalue weighted by atomic mass is 32.2. The molecule has 30 heavy (non-hydrogen) atoms. The number of carbonyl (C=O) groups excluding carboxylic acids is 2. The molecule has 0 unspecified atom stereocenters. The summed E-state index contributed by atoms with van der Waals surface area (Å²) in [7, 11) is 0. The lowest BCUT2D eigenvalue weighted by Gasteiger charge is -2.15. The molecule has 2 aromatic carbocycles. The zero-order valence-corrected chi connectivity index (χ0v) is 17.3. The monoisotopic (exact) mass is 423 g/mol. The lowest BCUT2D eigenvalue weighted by Crippen LogP contribution is -2.20. The van der Waals surface area contributed by atoms with Gasteiger partial charge in [0.25, 0.3) is 0 Å². The molecule has 3 rings (SSSR count). The Labute approximate surface area is 178 Å². The summed E-state index contributed by atoms with van der Waals surface area (Å²) in [4.78, 5) is 33.2. The summed E-state index contributed by atoms with van der Waals surface area (Å²) in [6.07, 6.45) is 3.27. The van der Waals surface area contributed by atoms with E-state index in [1.165, 1.54) is 18.0 Å². The Morgan fingerprint density at radius 1 is 1.00 bits per heavy atom. The maximum absolute atomic E-state index is 12.4. The highest BCUT2D eigenvalue weighted by Gasteiger charge is 2.17. The Kier molecular flexibility index (Phi) is 7.23. The van der Waals surface area contributed by atoms with Crippen molar-refractivity contribution in [1.82, 2.24) is 9.97 Å². The summed E-state index contributed by atoms with van der Waals surface area (Å²) in [6, 6.07) is 15.8. The van der Waals surface area contributed by atoms with Gasteiger partial charge in [0.2, 0.25) is 0 Å². The summed E-state index contributed by atoms with van der Waals surface area (Å²) in [6.45, 7) is 1.97. The molecule has 1 aromatic heterocycles. The molecule has 0 aliphatic rings. The summed E-state index contributed by atoms with van der Waals surface area (Å²) in [5.74, 6) is -0.231. The Morgan fingerprint density at radius 2 is 1.70 bits per heavy atom. The van der Waals surface area contributed by atoms with Gasteiger partial charge in [-0.1, -0.05) is 42.1 Å². The molecule has 0 bridgehead atoms. The number of esters is 1. The van der Waals surface area contributed by atoms with Gasteiger partial charge in [-0.25, -0.2) is 19.6 Å². The van der Waals surface area contributed by atoms with Crippen LogP contribution in [-0.2, 0) is 4.74 Å². The minimum Gasteiger partial charge on any atom is -0.462 e. The topological polar surface area (TPSA) is 105 Å². The van der Waals surface area contributed by atoms with Crippen molar-refractivity contribution in [2.45, 2.75) is 12.1 Å². The lowest BCUT2D eigenvalue weighted by atomic mass is 10.2. The van der Waals surface area contributed by atoms with Crippen LogP contribution in [0.4, 0.5) is 27.7 Å². The normalized spacial score (nSPS) is 10.2. The van der Waals surface area contributed by atoms with Crippen LogP contribution in [0.25, 0.3) is 0 Å². The van der Waals surface area contributed by atoms with Crippen molar-refractivity contribution in [3.8, 4) is 0 Å². The van der Waals surface area contributed by atoms with E-state index >= 15 is 0 Å². The number of amides is 2. The molecule has 0 fully saturated rings. The van der Waals surface area contributed by atoms with Crippen LogP contribution in [0.1, 0.15) is 17.3 Å². The van der Waals surface area contributed by atoms with E-state index in [0.717, 1.165) is 0 Å². The van der Waals surface area contributed by atoms with E-state index in [1.54, 1.807) is 37.3 Å². The number of para-hydroxylation sites is 3. The standard InChI is InChI=1S/C21H21N5O3S/c1-3-29-19(27)15-13-22-21(30-2)26-18(15)24-16-11-7-8-12-17(16)25-20(28)23-14-9-5-4-6-10-14/h4-13H,3H2,1-2H3,(H,22,24,26)(H2,23,25,28). The van der Waals surface area contributed by atoms with Gasteiger partial charge in [0.15, 0.2) is 5.16 Å². The molecule has 0 saturated carbocycles. The molecule has 0 aliphatic heterocycles. The van der Waals surface area contributed by atoms with Gasteiger partial charge in [0.1, 0.15) is 11.4 Å². The average Bonchev–Trinajstić information content (AvgIpc) is 2.76. The maximum Gasteiger partial charge on any atom is 0.343 e. The largest absolute Gasteiger partial charge is 0.462 e. The van der Waals surface area contributed by atoms with Gasteiger partial charge < -0.3 is 20.7 Å². The zero-order chi connectivity index (χ0) is 21.3. The zero-order valence-electron chi connectivity index (χ0n) is 16.5. The number of nitrogens with zero attached hydrogens (tertiary/aromatic N) is 2. The number of urea groups is 1. The number of carbonyl (C=O) groups is 2. The van der Waals surface area contributed by atoms with Crippen LogP contribution >= 0.6 is 11.8 Å². The van der Waals surface area contributed by atoms with E-state index in [4.69, 9.17) is 4.74 Å². The van der Waals surface area contributed by atoms with Crippen LogP contribution < -0.4 is 16.0 Å². The number of rotatable bonds is 7. The van der Waals surface area contributed by atoms with Gasteiger partial charge >= 0.3 is 12.0 Å². The van der Waals surface area contributed by atoms with E-state index in [-0.39, 0.29) is 12.2 Å². The van der Waals surface area contributed by atoms with Crippen molar-refractivity contribution >= 4 is 46.6 Å². The number of aromatic nitrogens is 2. The molecule has 1 heterocycles. The predicted octanol–water partition coefficient (Wildman–Crippen LogP) is 4.76. The first-order valence-electron chi connectivity index (χ1n) is 9.18. The number of ether oxygens (including phenoxy) is 1. The van der Waals surface area contributed by atoms with Crippen molar-refractivity contribution in [2.24, 2.45) is 0 Å². The molecule has 3 N–H and O–H groups in total. The summed E-state index contributed by atoms with van der Waals surface area (Å²) in [5.41, 5.74) is 1.96. The molecule has 0 saturated heterocycles. The van der Waals surface area contributed by atoms with E-state index < -0.39 is 12.0 Å². The van der Waals surface area contributed by atoms with Crippen molar-refractivity contribution in [1.29, 1.82) is 0 Å². The number of hydrogen-bond donors (Lipinski definition) is 3. The third-order valence-electron chi connectivity index (χ3n) is 3.90. The predicted molar refractivity (Wildman–Crippen MR) is 119 cm³/mol. The summed E-state index contributed by atoms with van der Waals surface area (Å²) < 4.78 is 5.10. The van der Waals surface area contributed by atoms with Gasteiger partial charge in [-0.3, -0.25) is 0 Å². The number of nitrogens with one attached hydrogen (secondary N) is 3. The first-order valence-corrected chi connectivity index (χ1v) is 10.4. The Bertz CT molecular complexity index is 1030. The van der Waals surface area contributed by atoms with Crippen molar-refractivity contribution in [2.75, 3.05) is 28.8 Å². The fourth-order valence-corrected chi connectivity index (χ4v) is 2.89. The second-order valence-corrected chi connectivity index (χ2v) is 6.73. The molecule has 0 spiro atoms. The molecule has 0 atom stereocenters. The molecular weight excluding hydrogens is 402 g/mol. The van der Waals surface area contributed by atoms with Crippen LogP contribution in [-0.4, -0.2) is 34.8 Å². The van der Waals surface area contributed by atoms with Crippen molar-refractivity contribution in [3.05, 3.63) is 66.4 Å². The van der Waals surface area contributed by atoms with Gasteiger partial charge in [-0.05, 0) is 37.4 Å². The van der Waals surface area contributed by atoms with Crippen molar-refractivity contribution in [3.63, 3.8) is 0 Å². The van der Waals surface area contributed by atoms with Crippen LogP contribution in [0.5, 0.6) is 0 Å². The third-order valence-corrected chi connectivity index (χ3v) is 4.47. The Morgan fingerprint density at radius 3 is 2.40 bits per heavy atom. The van der Waals surface area contributed by atoms with E-state index in [2.05, 4.69) is 25.9 Å². The second-order valence-electron chi connectivity index (χ2n) is 5.96. The maximum atomic E-state index is 12.4. The molecule has 2 amide bonds. The molecule has 154 valence electrons. The summed E-state index contributed by atoms with van der Waals surface area (Å²) >= 11 is 1.35. The summed E-state index contributed by atoms with van der Waals surface area (Å²) in [5, 5.41) is 9.18. The highest BCUT2D eigenvalue weighted by molar-refractivity contribution is 7.98. The lowest BCUT2D eigenvalue weighted by molar-refractivity contribution is 0.0526. The molecule has 0 radical (unpaired) electrons. The van der Waals surface area contributed by atoms with E-state index in [9.17, 15) is 9.59 Å². The fourth-order valence-electron chi connectivity index (χ4n) is 2.55. The minimum atomic E-state index is -0.528. The Hall–Kier alpha value is -3.59. The smallest absolute Gasteiger partial charge is 0.343 e. The third kappa shape index (κ3) is 5.48. The van der Waals surface area contributed by atoms with E-state index in [1.807, 2.05) is 30.5 Å². The van der Waals surface area contributed by atoms with Gasteiger partial charge in [-0.2, -0.15) is 0 Å². The first-order chi connectivity index (χ1) is 14.6. The Balaban J connectivity index is 1.84. The number of hydrogen-bond acceptors (Lipinski definition) is 7. The van der Waals surface area contributed by atoms with Gasteiger partial charge in [0.05, 0.1) is 18.0 Å². The number of benzene rings is 2. The highest BCUT2D eigenvalue weighted by Crippen LogP contribution is 2.27. The quantitative estimate of drug-likeness (QED) is 0.286. The van der Waals surface area contributed by atoms with E-state index in [0.29, 0.717) is 28.0 Å². The molecule has 3 aromatic rings. The average molecular weight is 423 g/mol.